The maximum Gasteiger partial charge on any atom is 0.372 e. The van der Waals surface area contributed by atoms with Gasteiger partial charge < -0.3 is 9.52 Å². The normalized spacial score (nSPS) is 16.0. The molecule has 1 fully saturated rings. The van der Waals surface area contributed by atoms with Crippen LogP contribution in [0, 0.1) is 0 Å². The number of carboxylic acids is 1. The fraction of sp³-hybridized carbons (Fsp3) is 0.353. The predicted octanol–water partition coefficient (Wildman–Crippen LogP) is 3.63. The third-order valence-corrected chi connectivity index (χ3v) is 4.00. The fourth-order valence-corrected chi connectivity index (χ4v) is 2.92. The van der Waals surface area contributed by atoms with Crippen molar-refractivity contribution < 1.29 is 14.3 Å². The molecule has 1 aromatic carbocycles. The van der Waals surface area contributed by atoms with Gasteiger partial charge in [0.25, 0.3) is 0 Å². The second-order valence-electron chi connectivity index (χ2n) is 5.47. The van der Waals surface area contributed by atoms with Gasteiger partial charge in [-0.2, -0.15) is 0 Å². The van der Waals surface area contributed by atoms with Crippen LogP contribution >= 0.6 is 0 Å². The van der Waals surface area contributed by atoms with E-state index < -0.39 is 5.97 Å². The first-order chi connectivity index (χ1) is 10.3. The highest BCUT2D eigenvalue weighted by atomic mass is 16.4. The number of hydrogen-bond donors (Lipinski definition) is 1. The number of aromatic carboxylic acids is 1. The van der Waals surface area contributed by atoms with Crippen molar-refractivity contribution in [1.82, 2.24) is 4.90 Å². The van der Waals surface area contributed by atoms with E-state index in [1.165, 1.54) is 19.3 Å². The molecule has 2 heterocycles. The Bertz CT molecular complexity index is 612. The Morgan fingerprint density at radius 1 is 1.14 bits per heavy atom. The predicted molar refractivity (Wildman–Crippen MR) is 80.2 cm³/mol. The summed E-state index contributed by atoms with van der Waals surface area (Å²) in [5, 5.41) is 9.34. The number of hydrogen-bond acceptors (Lipinski definition) is 3. The molecule has 4 heteroatoms. The summed E-state index contributed by atoms with van der Waals surface area (Å²) in [6.45, 7) is 2.69. The largest absolute Gasteiger partial charge is 0.475 e. The number of furan rings is 1. The minimum atomic E-state index is -0.996. The first-order valence-corrected chi connectivity index (χ1v) is 7.37. The van der Waals surface area contributed by atoms with Crippen molar-refractivity contribution in [2.75, 3.05) is 13.1 Å². The van der Waals surface area contributed by atoms with E-state index in [2.05, 4.69) is 4.90 Å². The highest BCUT2D eigenvalue weighted by Gasteiger charge is 2.23. The van der Waals surface area contributed by atoms with Crippen LogP contribution in [0.15, 0.2) is 41.0 Å². The topological polar surface area (TPSA) is 53.7 Å². The molecule has 0 spiro atoms. The second-order valence-corrected chi connectivity index (χ2v) is 5.47. The lowest BCUT2D eigenvalue weighted by molar-refractivity contribution is 0.0658. The molecule has 0 bridgehead atoms. The third-order valence-electron chi connectivity index (χ3n) is 4.00. The Morgan fingerprint density at radius 2 is 1.86 bits per heavy atom. The zero-order valence-electron chi connectivity index (χ0n) is 11.9. The van der Waals surface area contributed by atoms with Gasteiger partial charge in [-0.3, -0.25) is 4.90 Å². The summed E-state index contributed by atoms with van der Waals surface area (Å²) in [6, 6.07) is 9.82. The number of piperidine rings is 1. The van der Waals surface area contributed by atoms with Gasteiger partial charge in [-0.1, -0.05) is 36.8 Å². The van der Waals surface area contributed by atoms with Crippen LogP contribution in [-0.4, -0.2) is 29.1 Å². The highest BCUT2D eigenvalue weighted by Crippen LogP contribution is 2.30. The molecular formula is C17H19NO3. The molecule has 110 valence electrons. The Morgan fingerprint density at radius 3 is 2.52 bits per heavy atom. The minimum absolute atomic E-state index is 0.0689. The summed E-state index contributed by atoms with van der Waals surface area (Å²) in [6.07, 6.45) is 5.19. The van der Waals surface area contributed by atoms with Crippen LogP contribution in [0.5, 0.6) is 0 Å². The van der Waals surface area contributed by atoms with E-state index in [1.54, 1.807) is 6.26 Å². The van der Waals surface area contributed by atoms with E-state index in [0.717, 1.165) is 29.8 Å². The van der Waals surface area contributed by atoms with Gasteiger partial charge in [0.1, 0.15) is 0 Å². The Hall–Kier alpha value is -2.07. The summed E-state index contributed by atoms with van der Waals surface area (Å²) >= 11 is 0. The number of carbonyl (C=O) groups is 1. The van der Waals surface area contributed by atoms with E-state index in [1.807, 2.05) is 30.3 Å². The standard InChI is InChI=1S/C17H19NO3/c19-17(20)16-14(11-18-9-5-2-6-10-18)15(12-21-16)13-7-3-1-4-8-13/h1,3-4,7-8,12H,2,5-6,9-11H2,(H,19,20). The van der Waals surface area contributed by atoms with Crippen LogP contribution in [0.2, 0.25) is 0 Å². The van der Waals surface area contributed by atoms with Crippen LogP contribution in [0.3, 0.4) is 0 Å². The first kappa shape index (κ1) is 13.9. The number of rotatable bonds is 4. The zero-order valence-corrected chi connectivity index (χ0v) is 11.9. The van der Waals surface area contributed by atoms with Gasteiger partial charge in [-0.15, -0.1) is 0 Å². The third kappa shape index (κ3) is 3.00. The van der Waals surface area contributed by atoms with Crippen molar-refractivity contribution in [3.63, 3.8) is 0 Å². The van der Waals surface area contributed by atoms with Crippen LogP contribution in [0.4, 0.5) is 0 Å². The highest BCUT2D eigenvalue weighted by molar-refractivity contribution is 5.89. The molecule has 0 amide bonds. The summed E-state index contributed by atoms with van der Waals surface area (Å²) in [5.41, 5.74) is 2.68. The molecule has 1 saturated heterocycles. The van der Waals surface area contributed by atoms with Crippen molar-refractivity contribution in [1.29, 1.82) is 0 Å². The number of likely N-dealkylation sites (tertiary alicyclic amines) is 1. The Labute approximate surface area is 124 Å². The Kier molecular flexibility index (Phi) is 4.06. The smallest absolute Gasteiger partial charge is 0.372 e. The first-order valence-electron chi connectivity index (χ1n) is 7.37. The van der Waals surface area contributed by atoms with Gasteiger partial charge in [-0.25, -0.2) is 4.79 Å². The van der Waals surface area contributed by atoms with Crippen LogP contribution in [0.25, 0.3) is 11.1 Å². The quantitative estimate of drug-likeness (QED) is 0.932. The zero-order chi connectivity index (χ0) is 14.7. The van der Waals surface area contributed by atoms with Crippen molar-refractivity contribution in [2.24, 2.45) is 0 Å². The average Bonchev–Trinajstić information content (AvgIpc) is 2.93. The number of carboxylic acid groups (broad SMARTS) is 1. The van der Waals surface area contributed by atoms with E-state index >= 15 is 0 Å². The van der Waals surface area contributed by atoms with Crippen LogP contribution in [-0.2, 0) is 6.54 Å². The molecule has 0 radical (unpaired) electrons. The van der Waals surface area contributed by atoms with E-state index in [9.17, 15) is 9.90 Å². The number of nitrogens with zero attached hydrogens (tertiary/aromatic N) is 1. The molecule has 3 rings (SSSR count). The lowest BCUT2D eigenvalue weighted by Crippen LogP contribution is -2.29. The van der Waals surface area contributed by atoms with Crippen molar-refractivity contribution in [2.45, 2.75) is 25.8 Å². The molecule has 2 aromatic rings. The van der Waals surface area contributed by atoms with Gasteiger partial charge in [0, 0.05) is 17.7 Å². The van der Waals surface area contributed by atoms with E-state index in [0.29, 0.717) is 6.54 Å². The van der Waals surface area contributed by atoms with Crippen molar-refractivity contribution in [3.05, 3.63) is 47.9 Å². The minimum Gasteiger partial charge on any atom is -0.475 e. The molecular weight excluding hydrogens is 266 g/mol. The molecule has 0 unspecified atom stereocenters. The fourth-order valence-electron chi connectivity index (χ4n) is 2.92. The number of benzene rings is 1. The maximum absolute atomic E-state index is 11.4. The molecule has 0 saturated carbocycles. The molecule has 0 aliphatic carbocycles. The van der Waals surface area contributed by atoms with Crippen molar-refractivity contribution >= 4 is 5.97 Å². The summed E-state index contributed by atoms with van der Waals surface area (Å²) in [7, 11) is 0. The molecule has 21 heavy (non-hydrogen) atoms. The SMILES string of the molecule is O=C(O)c1occ(-c2ccccc2)c1CN1CCCCC1. The molecule has 0 atom stereocenters. The van der Waals surface area contributed by atoms with Crippen molar-refractivity contribution in [3.8, 4) is 11.1 Å². The van der Waals surface area contributed by atoms with E-state index in [4.69, 9.17) is 4.42 Å². The lowest BCUT2D eigenvalue weighted by atomic mass is 10.0. The van der Waals surface area contributed by atoms with Gasteiger partial charge in [-0.05, 0) is 31.5 Å². The summed E-state index contributed by atoms with van der Waals surface area (Å²) in [5.74, 6) is -0.927. The van der Waals surface area contributed by atoms with Gasteiger partial charge in [0.05, 0.1) is 6.26 Å². The van der Waals surface area contributed by atoms with Gasteiger partial charge in [0.15, 0.2) is 0 Å². The van der Waals surface area contributed by atoms with Crippen LogP contribution < -0.4 is 0 Å². The van der Waals surface area contributed by atoms with Gasteiger partial charge >= 0.3 is 5.97 Å². The van der Waals surface area contributed by atoms with E-state index in [-0.39, 0.29) is 5.76 Å². The molecule has 4 nitrogen and oxygen atoms in total. The monoisotopic (exact) mass is 285 g/mol. The molecule has 1 aromatic heterocycles. The van der Waals surface area contributed by atoms with Gasteiger partial charge in [0.2, 0.25) is 5.76 Å². The molecule has 1 N–H and O–H groups in total. The molecule has 1 aliphatic heterocycles. The van der Waals surface area contributed by atoms with Crippen LogP contribution in [0.1, 0.15) is 35.4 Å². The maximum atomic E-state index is 11.4. The summed E-state index contributed by atoms with van der Waals surface area (Å²) < 4.78 is 5.33. The molecule has 1 aliphatic rings. The summed E-state index contributed by atoms with van der Waals surface area (Å²) in [4.78, 5) is 13.7. The lowest BCUT2D eigenvalue weighted by Gasteiger charge is -2.26. The average molecular weight is 285 g/mol. The second kappa shape index (κ2) is 6.14. The Balaban J connectivity index is 1.95.